The predicted octanol–water partition coefficient (Wildman–Crippen LogP) is 12.9. The zero-order valence-corrected chi connectivity index (χ0v) is 28.0. The summed E-state index contributed by atoms with van der Waals surface area (Å²) in [4.78, 5) is 0. The van der Waals surface area contributed by atoms with E-state index in [1.54, 1.807) is 0 Å². The van der Waals surface area contributed by atoms with Crippen LogP contribution in [0.25, 0.3) is 104 Å². The molecule has 0 saturated heterocycles. The van der Waals surface area contributed by atoms with Crippen molar-refractivity contribution in [3.8, 4) is 17.1 Å². The van der Waals surface area contributed by atoms with Crippen molar-refractivity contribution in [2.45, 2.75) is 0 Å². The average Bonchev–Trinajstić information content (AvgIpc) is 3.94. The molecule has 242 valence electrons. The fourth-order valence-corrected chi connectivity index (χ4v) is 8.90. The van der Waals surface area contributed by atoms with Crippen LogP contribution in [0.3, 0.4) is 0 Å². The van der Waals surface area contributed by atoms with Crippen LogP contribution in [0.15, 0.2) is 180 Å². The van der Waals surface area contributed by atoms with Crippen LogP contribution in [0.1, 0.15) is 0 Å². The lowest BCUT2D eigenvalue weighted by atomic mass is 10.1. The van der Waals surface area contributed by atoms with Crippen LogP contribution in [-0.2, 0) is 0 Å². The van der Waals surface area contributed by atoms with E-state index < -0.39 is 0 Å². The minimum atomic E-state index is 0.896. The fourth-order valence-electron chi connectivity index (χ4n) is 8.90. The van der Waals surface area contributed by atoms with Gasteiger partial charge >= 0.3 is 0 Å². The minimum Gasteiger partial charge on any atom is -0.454 e. The predicted molar refractivity (Wildman–Crippen MR) is 217 cm³/mol. The Morgan fingerprint density at radius 3 is 1.71 bits per heavy atom. The third kappa shape index (κ3) is 3.60. The van der Waals surface area contributed by atoms with Crippen LogP contribution in [0.2, 0.25) is 0 Å². The maximum Gasteiger partial charge on any atom is 0.159 e. The van der Waals surface area contributed by atoms with Crippen molar-refractivity contribution in [2.24, 2.45) is 0 Å². The van der Waals surface area contributed by atoms with Gasteiger partial charge in [0.2, 0.25) is 0 Å². The van der Waals surface area contributed by atoms with Gasteiger partial charge in [0.15, 0.2) is 5.58 Å². The van der Waals surface area contributed by atoms with Gasteiger partial charge in [0.25, 0.3) is 0 Å². The van der Waals surface area contributed by atoms with Crippen molar-refractivity contribution in [3.05, 3.63) is 176 Å². The van der Waals surface area contributed by atoms with Gasteiger partial charge in [-0.2, -0.15) is 0 Å². The van der Waals surface area contributed by atoms with Crippen LogP contribution in [0.4, 0.5) is 0 Å². The molecule has 0 atom stereocenters. The number of hydrogen-bond donors (Lipinski definition) is 0. The van der Waals surface area contributed by atoms with Gasteiger partial charge < -0.3 is 18.1 Å². The van der Waals surface area contributed by atoms with Crippen molar-refractivity contribution in [3.63, 3.8) is 0 Å². The Labute approximate surface area is 297 Å². The third-order valence-electron chi connectivity index (χ3n) is 11.0. The van der Waals surface area contributed by atoms with Crippen LogP contribution in [0, 0.1) is 0 Å². The van der Waals surface area contributed by atoms with E-state index in [1.807, 2.05) is 6.07 Å². The van der Waals surface area contributed by atoms with E-state index in [2.05, 4.69) is 184 Å². The Morgan fingerprint density at radius 2 is 0.904 bits per heavy atom. The fraction of sp³-hybridized carbons (Fsp3) is 0. The summed E-state index contributed by atoms with van der Waals surface area (Å²) in [5.41, 5.74) is 12.2. The molecule has 12 rings (SSSR count). The third-order valence-corrected chi connectivity index (χ3v) is 11.0. The molecule has 0 saturated carbocycles. The summed E-state index contributed by atoms with van der Waals surface area (Å²) in [6.45, 7) is 0. The van der Waals surface area contributed by atoms with E-state index in [1.165, 1.54) is 59.9 Å². The second-order valence-electron chi connectivity index (χ2n) is 13.7. The number of rotatable bonds is 3. The van der Waals surface area contributed by atoms with Crippen LogP contribution < -0.4 is 0 Å². The highest BCUT2D eigenvalue weighted by atomic mass is 16.3. The highest BCUT2D eigenvalue weighted by Crippen LogP contribution is 2.44. The van der Waals surface area contributed by atoms with Gasteiger partial charge in [-0.25, -0.2) is 0 Å². The Kier molecular flexibility index (Phi) is 5.47. The van der Waals surface area contributed by atoms with Gasteiger partial charge in [0, 0.05) is 54.5 Å². The number of fused-ring (bicyclic) bond motifs is 13. The van der Waals surface area contributed by atoms with E-state index in [0.717, 1.165) is 44.5 Å². The van der Waals surface area contributed by atoms with Crippen molar-refractivity contribution >= 4 is 87.4 Å². The maximum atomic E-state index is 6.66. The standard InChI is InChI=1S/C48H29N3O/c1-2-13-30(14-3-1)49-39-20-8-5-16-33(39)38-29-31(25-27-42(38)49)50-41-22-10-6-18-37(41)46-43(50)28-26-35-32-15-4-9-21-40(32)51(47(35)46)44-23-12-19-36-34-17-7-11-24-45(34)52-48(36)44/h1-29H. The number of benzene rings is 8. The molecule has 0 fully saturated rings. The quantitative estimate of drug-likeness (QED) is 0.185. The average molecular weight is 664 g/mol. The first-order valence-corrected chi connectivity index (χ1v) is 17.8. The van der Waals surface area contributed by atoms with Crippen LogP contribution in [-0.4, -0.2) is 13.7 Å². The van der Waals surface area contributed by atoms with Gasteiger partial charge in [-0.15, -0.1) is 0 Å². The highest BCUT2D eigenvalue weighted by Gasteiger charge is 2.23. The van der Waals surface area contributed by atoms with Gasteiger partial charge in [0.05, 0.1) is 38.8 Å². The number of aromatic nitrogens is 3. The Balaban J connectivity index is 1.21. The number of nitrogens with zero attached hydrogens (tertiary/aromatic N) is 3. The zero-order chi connectivity index (χ0) is 33.9. The maximum absolute atomic E-state index is 6.66. The summed E-state index contributed by atoms with van der Waals surface area (Å²) in [6.07, 6.45) is 0. The molecule has 0 spiro atoms. The van der Waals surface area contributed by atoms with Crippen LogP contribution in [0.5, 0.6) is 0 Å². The molecule has 0 aliphatic carbocycles. The lowest BCUT2D eigenvalue weighted by molar-refractivity contribution is 0.666. The molecule has 52 heavy (non-hydrogen) atoms. The number of para-hydroxylation sites is 6. The van der Waals surface area contributed by atoms with E-state index in [-0.39, 0.29) is 0 Å². The first-order valence-electron chi connectivity index (χ1n) is 17.8. The molecule has 0 aliphatic heterocycles. The summed E-state index contributed by atoms with van der Waals surface area (Å²) in [6, 6.07) is 63.4. The first-order chi connectivity index (χ1) is 25.8. The summed E-state index contributed by atoms with van der Waals surface area (Å²) in [5.74, 6) is 0. The minimum absolute atomic E-state index is 0.896. The van der Waals surface area contributed by atoms with Crippen molar-refractivity contribution in [2.75, 3.05) is 0 Å². The van der Waals surface area contributed by atoms with Crippen molar-refractivity contribution < 1.29 is 4.42 Å². The smallest absolute Gasteiger partial charge is 0.159 e. The molecule has 4 aromatic heterocycles. The molecule has 0 unspecified atom stereocenters. The topological polar surface area (TPSA) is 27.9 Å². The molecule has 0 amide bonds. The lowest BCUT2D eigenvalue weighted by Gasteiger charge is -2.11. The number of hydrogen-bond acceptors (Lipinski definition) is 1. The lowest BCUT2D eigenvalue weighted by Crippen LogP contribution is -1.96. The largest absolute Gasteiger partial charge is 0.454 e. The molecule has 0 aliphatic rings. The van der Waals surface area contributed by atoms with Gasteiger partial charge in [-0.05, 0) is 66.7 Å². The summed E-state index contributed by atoms with van der Waals surface area (Å²) in [5, 5.41) is 9.61. The SMILES string of the molecule is c1ccc(-n2c3ccccc3c3cc(-n4c5ccccc5c5c4ccc4c6ccccc6n(-c6cccc7c6oc6ccccc67)c45)ccc32)cc1. The summed E-state index contributed by atoms with van der Waals surface area (Å²) >= 11 is 0. The van der Waals surface area contributed by atoms with E-state index in [9.17, 15) is 0 Å². The molecule has 0 N–H and O–H groups in total. The molecular formula is C48H29N3O. The Bertz CT molecular complexity index is 3410. The molecule has 12 aromatic rings. The van der Waals surface area contributed by atoms with E-state index >= 15 is 0 Å². The normalized spacial score (nSPS) is 12.2. The van der Waals surface area contributed by atoms with E-state index in [0.29, 0.717) is 0 Å². The molecule has 4 nitrogen and oxygen atoms in total. The zero-order valence-electron chi connectivity index (χ0n) is 28.0. The van der Waals surface area contributed by atoms with Crippen molar-refractivity contribution in [1.29, 1.82) is 0 Å². The monoisotopic (exact) mass is 663 g/mol. The molecule has 0 radical (unpaired) electrons. The molecule has 4 heterocycles. The van der Waals surface area contributed by atoms with Gasteiger partial charge in [0.1, 0.15) is 5.58 Å². The molecule has 0 bridgehead atoms. The van der Waals surface area contributed by atoms with Gasteiger partial charge in [-0.1, -0.05) is 109 Å². The Hall–Kier alpha value is -7.04. The van der Waals surface area contributed by atoms with Crippen LogP contribution >= 0.6 is 0 Å². The summed E-state index contributed by atoms with van der Waals surface area (Å²) in [7, 11) is 0. The second kappa shape index (κ2) is 10.3. The van der Waals surface area contributed by atoms with Gasteiger partial charge in [-0.3, -0.25) is 0 Å². The van der Waals surface area contributed by atoms with Crippen molar-refractivity contribution in [1.82, 2.24) is 13.7 Å². The summed E-state index contributed by atoms with van der Waals surface area (Å²) < 4.78 is 13.9. The highest BCUT2D eigenvalue weighted by molar-refractivity contribution is 6.27. The molecule has 8 aromatic carbocycles. The van der Waals surface area contributed by atoms with E-state index in [4.69, 9.17) is 4.42 Å². The second-order valence-corrected chi connectivity index (χ2v) is 13.7. The number of furan rings is 1. The molecule has 4 heteroatoms. The molecular weight excluding hydrogens is 635 g/mol. The Morgan fingerprint density at radius 1 is 0.327 bits per heavy atom. The first kappa shape index (κ1) is 27.7.